The predicted molar refractivity (Wildman–Crippen MR) is 113 cm³/mol. The number of aromatic amines is 1. The predicted octanol–water partition coefficient (Wildman–Crippen LogP) is 4.09. The third-order valence-electron chi connectivity index (χ3n) is 4.08. The first-order valence-corrected chi connectivity index (χ1v) is 9.29. The van der Waals surface area contributed by atoms with Gasteiger partial charge in [-0.15, -0.1) is 0 Å². The number of hydrazone groups is 1. The lowest BCUT2D eigenvalue weighted by molar-refractivity contribution is -0.120. The Balaban J connectivity index is 1.68. The number of hydrogen-bond acceptors (Lipinski definition) is 5. The normalized spacial score (nSPS) is 10.9. The van der Waals surface area contributed by atoms with E-state index in [-0.39, 0.29) is 12.3 Å². The minimum Gasteiger partial charge on any atom is -0.493 e. The minimum atomic E-state index is -0.282. The fourth-order valence-corrected chi connectivity index (χ4v) is 2.99. The Morgan fingerprint density at radius 1 is 1.14 bits per heavy atom. The number of ether oxygens (including phenoxy) is 2. The Morgan fingerprint density at radius 3 is 2.66 bits per heavy atom. The van der Waals surface area contributed by atoms with Crippen molar-refractivity contribution in [3.05, 3.63) is 63.8 Å². The van der Waals surface area contributed by atoms with Gasteiger partial charge < -0.3 is 9.47 Å². The van der Waals surface area contributed by atoms with Crippen molar-refractivity contribution in [3.8, 4) is 22.8 Å². The molecule has 0 atom stereocenters. The zero-order valence-corrected chi connectivity index (χ0v) is 17.2. The highest BCUT2D eigenvalue weighted by Crippen LogP contribution is 2.32. The van der Waals surface area contributed by atoms with Crippen LogP contribution in [0.5, 0.6) is 11.5 Å². The first kappa shape index (κ1) is 20.7. The number of H-pyrrole nitrogens is 1. The van der Waals surface area contributed by atoms with Crippen molar-refractivity contribution in [1.82, 2.24) is 15.6 Å². The van der Waals surface area contributed by atoms with Crippen LogP contribution in [0.25, 0.3) is 11.3 Å². The molecular weight excluding hydrogens is 415 g/mol. The highest BCUT2D eigenvalue weighted by Gasteiger charge is 2.11. The number of nitrogens with one attached hydrogen (secondary N) is 2. The molecule has 0 saturated carbocycles. The average molecular weight is 433 g/mol. The summed E-state index contributed by atoms with van der Waals surface area (Å²) >= 11 is 11.8. The lowest BCUT2D eigenvalue weighted by Gasteiger charge is -2.09. The van der Waals surface area contributed by atoms with Crippen LogP contribution in [0, 0.1) is 0 Å². The Kier molecular flexibility index (Phi) is 6.74. The molecule has 1 amide bonds. The summed E-state index contributed by atoms with van der Waals surface area (Å²) in [6.07, 6.45) is 3.26. The number of hydrogen-bond donors (Lipinski definition) is 2. The van der Waals surface area contributed by atoms with Crippen LogP contribution >= 0.6 is 23.2 Å². The molecule has 1 aromatic heterocycles. The van der Waals surface area contributed by atoms with E-state index in [2.05, 4.69) is 20.7 Å². The van der Waals surface area contributed by atoms with Gasteiger partial charge in [-0.2, -0.15) is 10.2 Å². The third kappa shape index (κ3) is 5.07. The maximum absolute atomic E-state index is 12.1. The molecule has 7 nitrogen and oxygen atoms in total. The molecule has 9 heteroatoms. The van der Waals surface area contributed by atoms with Gasteiger partial charge in [0.05, 0.1) is 48.8 Å². The molecule has 0 unspecified atom stereocenters. The van der Waals surface area contributed by atoms with Gasteiger partial charge in [-0.3, -0.25) is 9.89 Å². The average Bonchev–Trinajstić information content (AvgIpc) is 3.18. The van der Waals surface area contributed by atoms with Crippen LogP contribution in [0.1, 0.15) is 11.1 Å². The zero-order valence-electron chi connectivity index (χ0n) is 15.7. The Morgan fingerprint density at radius 2 is 1.93 bits per heavy atom. The highest BCUT2D eigenvalue weighted by molar-refractivity contribution is 6.42. The molecule has 0 spiro atoms. The quantitative estimate of drug-likeness (QED) is 0.434. The van der Waals surface area contributed by atoms with E-state index in [0.717, 1.165) is 16.8 Å². The van der Waals surface area contributed by atoms with Crippen LogP contribution in [-0.2, 0) is 11.2 Å². The van der Waals surface area contributed by atoms with Crippen molar-refractivity contribution < 1.29 is 14.3 Å². The smallest absolute Gasteiger partial charge is 0.244 e. The topological polar surface area (TPSA) is 88.6 Å². The van der Waals surface area contributed by atoms with E-state index in [1.54, 1.807) is 44.7 Å². The van der Waals surface area contributed by atoms with E-state index in [1.165, 1.54) is 6.21 Å². The summed E-state index contributed by atoms with van der Waals surface area (Å²) in [5.74, 6) is 0.939. The molecule has 3 rings (SSSR count). The van der Waals surface area contributed by atoms with Gasteiger partial charge in [-0.25, -0.2) is 5.43 Å². The molecule has 1 heterocycles. The van der Waals surface area contributed by atoms with Crippen LogP contribution in [0.3, 0.4) is 0 Å². The van der Waals surface area contributed by atoms with Crippen molar-refractivity contribution >= 4 is 35.3 Å². The monoisotopic (exact) mass is 432 g/mol. The summed E-state index contributed by atoms with van der Waals surface area (Å²) in [6, 6.07) is 10.5. The summed E-state index contributed by atoms with van der Waals surface area (Å²) in [4.78, 5) is 12.1. The third-order valence-corrected chi connectivity index (χ3v) is 4.82. The first-order chi connectivity index (χ1) is 14.0. The molecule has 0 bridgehead atoms. The Hall–Kier alpha value is -3.03. The van der Waals surface area contributed by atoms with Crippen LogP contribution in [0.4, 0.5) is 0 Å². The number of amides is 1. The van der Waals surface area contributed by atoms with Crippen molar-refractivity contribution in [1.29, 1.82) is 0 Å². The Bertz CT molecular complexity index is 1050. The van der Waals surface area contributed by atoms with Gasteiger partial charge in [0, 0.05) is 11.1 Å². The fraction of sp³-hybridized carbons (Fsp3) is 0.150. The molecule has 29 heavy (non-hydrogen) atoms. The van der Waals surface area contributed by atoms with Gasteiger partial charge in [0.1, 0.15) is 0 Å². The van der Waals surface area contributed by atoms with Gasteiger partial charge >= 0.3 is 0 Å². The number of methoxy groups -OCH3 is 2. The molecule has 0 saturated heterocycles. The van der Waals surface area contributed by atoms with E-state index in [1.807, 2.05) is 12.1 Å². The van der Waals surface area contributed by atoms with Gasteiger partial charge in [0.2, 0.25) is 5.91 Å². The van der Waals surface area contributed by atoms with Crippen molar-refractivity contribution in [2.24, 2.45) is 5.10 Å². The molecule has 0 aliphatic heterocycles. The summed E-state index contributed by atoms with van der Waals surface area (Å²) < 4.78 is 10.6. The molecular formula is C20H18Cl2N4O3. The number of nitrogens with zero attached hydrogens (tertiary/aromatic N) is 2. The number of rotatable bonds is 7. The maximum Gasteiger partial charge on any atom is 0.244 e. The van der Waals surface area contributed by atoms with E-state index in [4.69, 9.17) is 32.7 Å². The fourth-order valence-electron chi connectivity index (χ4n) is 2.66. The molecule has 0 radical (unpaired) electrons. The second-order valence-electron chi connectivity index (χ2n) is 5.99. The number of halogens is 2. The van der Waals surface area contributed by atoms with Crippen molar-refractivity contribution in [3.63, 3.8) is 0 Å². The Labute approximate surface area is 177 Å². The van der Waals surface area contributed by atoms with Gasteiger partial charge in [0.15, 0.2) is 11.5 Å². The summed E-state index contributed by atoms with van der Waals surface area (Å²) in [5.41, 5.74) is 5.50. The molecule has 2 aromatic carbocycles. The van der Waals surface area contributed by atoms with Crippen molar-refractivity contribution in [2.75, 3.05) is 14.2 Å². The second kappa shape index (κ2) is 9.45. The van der Waals surface area contributed by atoms with Crippen LogP contribution in [0.2, 0.25) is 10.0 Å². The zero-order chi connectivity index (χ0) is 20.8. The summed E-state index contributed by atoms with van der Waals surface area (Å²) in [6.45, 7) is 0. The SMILES string of the molecule is COc1ccc(-c2[nH]ncc2/C=N/NC(=O)Cc2ccc(Cl)c(Cl)c2)cc1OC. The van der Waals surface area contributed by atoms with E-state index >= 15 is 0 Å². The second-order valence-corrected chi connectivity index (χ2v) is 6.80. The van der Waals surface area contributed by atoms with Crippen LogP contribution in [0.15, 0.2) is 47.7 Å². The minimum absolute atomic E-state index is 0.127. The molecule has 3 aromatic rings. The van der Waals surface area contributed by atoms with Crippen molar-refractivity contribution in [2.45, 2.75) is 6.42 Å². The summed E-state index contributed by atoms with van der Waals surface area (Å²) in [7, 11) is 3.15. The summed E-state index contributed by atoms with van der Waals surface area (Å²) in [5, 5.41) is 11.8. The number of carbonyl (C=O) groups excluding carboxylic acids is 1. The maximum atomic E-state index is 12.1. The number of aromatic nitrogens is 2. The molecule has 2 N–H and O–H groups in total. The van der Waals surface area contributed by atoms with E-state index in [9.17, 15) is 4.79 Å². The molecule has 0 aliphatic rings. The lowest BCUT2D eigenvalue weighted by Crippen LogP contribution is -2.19. The number of carbonyl (C=O) groups is 1. The molecule has 0 aliphatic carbocycles. The van der Waals surface area contributed by atoms with Gasteiger partial charge in [0.25, 0.3) is 0 Å². The van der Waals surface area contributed by atoms with Gasteiger partial charge in [-0.05, 0) is 35.9 Å². The molecule has 0 fully saturated rings. The highest BCUT2D eigenvalue weighted by atomic mass is 35.5. The van der Waals surface area contributed by atoms with Crippen LogP contribution < -0.4 is 14.9 Å². The standard InChI is InChI=1S/C20H18Cl2N4O3/c1-28-17-6-4-13(9-18(17)29-2)20-14(11-24-26-20)10-23-25-19(27)8-12-3-5-15(21)16(22)7-12/h3-7,9-11H,8H2,1-2H3,(H,24,26)(H,25,27)/b23-10+. The van der Waals surface area contributed by atoms with Gasteiger partial charge in [-0.1, -0.05) is 29.3 Å². The van der Waals surface area contributed by atoms with E-state index < -0.39 is 0 Å². The first-order valence-electron chi connectivity index (χ1n) is 8.53. The van der Waals surface area contributed by atoms with E-state index in [0.29, 0.717) is 27.1 Å². The molecule has 150 valence electrons. The largest absolute Gasteiger partial charge is 0.493 e. The number of benzene rings is 2. The lowest BCUT2D eigenvalue weighted by atomic mass is 10.1. The van der Waals surface area contributed by atoms with Crippen LogP contribution in [-0.4, -0.2) is 36.5 Å².